The van der Waals surface area contributed by atoms with Crippen molar-refractivity contribution in [2.24, 2.45) is 0 Å². The second-order valence-corrected chi connectivity index (χ2v) is 7.12. The number of para-hydroxylation sites is 2. The highest BCUT2D eigenvalue weighted by Crippen LogP contribution is 2.42. The molecule has 0 bridgehead atoms. The molecule has 11 heteroatoms. The molecule has 0 radical (unpaired) electrons. The summed E-state index contributed by atoms with van der Waals surface area (Å²) in [5, 5.41) is 5.75. The van der Waals surface area contributed by atoms with Gasteiger partial charge in [-0.1, -0.05) is 12.1 Å². The maximum atomic E-state index is 12.9. The van der Waals surface area contributed by atoms with Crippen molar-refractivity contribution in [3.8, 4) is 22.8 Å². The van der Waals surface area contributed by atoms with Crippen LogP contribution in [0.2, 0.25) is 0 Å². The largest absolute Gasteiger partial charge is 0.573 e. The number of methoxy groups -OCH3 is 1. The van der Waals surface area contributed by atoms with E-state index in [1.165, 1.54) is 24.4 Å². The van der Waals surface area contributed by atoms with Crippen molar-refractivity contribution in [3.63, 3.8) is 0 Å². The van der Waals surface area contributed by atoms with Crippen molar-refractivity contribution >= 4 is 17.3 Å². The van der Waals surface area contributed by atoms with Gasteiger partial charge in [-0.15, -0.1) is 13.2 Å². The molecule has 4 rings (SSSR count). The van der Waals surface area contributed by atoms with Crippen LogP contribution in [0.15, 0.2) is 42.7 Å². The maximum absolute atomic E-state index is 12.9. The van der Waals surface area contributed by atoms with E-state index in [4.69, 9.17) is 9.47 Å². The average molecular weight is 462 g/mol. The number of fused-ring (bicyclic) bond motifs is 1. The van der Waals surface area contributed by atoms with E-state index in [9.17, 15) is 18.0 Å². The van der Waals surface area contributed by atoms with Crippen molar-refractivity contribution in [1.29, 1.82) is 0 Å². The van der Waals surface area contributed by atoms with Gasteiger partial charge in [0.2, 0.25) is 0 Å². The van der Waals surface area contributed by atoms with Crippen molar-refractivity contribution in [2.45, 2.75) is 12.8 Å². The van der Waals surface area contributed by atoms with Crippen LogP contribution < -0.4 is 20.1 Å². The van der Waals surface area contributed by atoms with Crippen LogP contribution in [0.4, 0.5) is 24.5 Å². The number of hydrogen-bond donors (Lipinski definition) is 3. The molecule has 33 heavy (non-hydrogen) atoms. The topological polar surface area (TPSA) is 97.5 Å². The molecule has 0 aliphatic carbocycles. The van der Waals surface area contributed by atoms with E-state index < -0.39 is 12.1 Å². The molecule has 3 N–H and O–H groups in total. The van der Waals surface area contributed by atoms with Gasteiger partial charge in [-0.25, -0.2) is 0 Å². The first kappa shape index (κ1) is 22.5. The Bertz CT molecular complexity index is 1150. The summed E-state index contributed by atoms with van der Waals surface area (Å²) in [7, 11) is 1.55. The Labute approximate surface area is 187 Å². The predicted octanol–water partition coefficient (Wildman–Crippen LogP) is 4.03. The molecule has 1 aliphatic rings. The number of carbonyl (C=O) groups is 1. The van der Waals surface area contributed by atoms with Gasteiger partial charge >= 0.3 is 6.36 Å². The highest BCUT2D eigenvalue weighted by molar-refractivity contribution is 6.06. The number of aromatic nitrogens is 2. The van der Waals surface area contributed by atoms with Crippen LogP contribution in [0.5, 0.6) is 11.5 Å². The monoisotopic (exact) mass is 462 g/mol. The standard InChI is InChI=1S/C22H21F3N4O4/c1-31-10-11-32-17-12-26-8-6-13(17)19-20(18-15(29-19)7-9-27-21(18)30)28-14-4-2-3-5-16(14)33-22(23,24)25/h2-6,8,12,28-29H,7,9-11H2,1H3,(H,27,30). The number of hydrogen-bond acceptors (Lipinski definition) is 6. The lowest BCUT2D eigenvalue weighted by Gasteiger charge is -2.18. The second-order valence-electron chi connectivity index (χ2n) is 7.12. The summed E-state index contributed by atoms with van der Waals surface area (Å²) in [5.74, 6) is -0.337. The summed E-state index contributed by atoms with van der Waals surface area (Å²) >= 11 is 0. The van der Waals surface area contributed by atoms with Crippen molar-refractivity contribution in [3.05, 3.63) is 54.0 Å². The zero-order chi connectivity index (χ0) is 23.4. The Kier molecular flexibility index (Phi) is 6.40. The van der Waals surface area contributed by atoms with Crippen LogP contribution >= 0.6 is 0 Å². The molecule has 3 aromatic rings. The van der Waals surface area contributed by atoms with Crippen molar-refractivity contribution in [1.82, 2.24) is 15.3 Å². The van der Waals surface area contributed by atoms with Crippen LogP contribution in [0.3, 0.4) is 0 Å². The van der Waals surface area contributed by atoms with Gasteiger partial charge in [0, 0.05) is 37.5 Å². The van der Waals surface area contributed by atoms with Crippen LogP contribution in [0.1, 0.15) is 16.1 Å². The highest BCUT2D eigenvalue weighted by Gasteiger charge is 2.33. The fourth-order valence-electron chi connectivity index (χ4n) is 3.56. The minimum atomic E-state index is -4.87. The molecular weight excluding hydrogens is 441 g/mol. The van der Waals surface area contributed by atoms with E-state index in [-0.39, 0.29) is 18.2 Å². The number of ether oxygens (including phenoxy) is 3. The first-order valence-corrected chi connectivity index (χ1v) is 10.1. The lowest BCUT2D eigenvalue weighted by molar-refractivity contribution is -0.274. The van der Waals surface area contributed by atoms with Gasteiger partial charge in [0.25, 0.3) is 5.91 Å². The minimum absolute atomic E-state index is 0.0483. The van der Waals surface area contributed by atoms with Gasteiger partial charge in [0.15, 0.2) is 5.75 Å². The van der Waals surface area contributed by atoms with E-state index in [0.717, 1.165) is 0 Å². The number of anilines is 2. The number of halogens is 3. The maximum Gasteiger partial charge on any atom is 0.573 e. The zero-order valence-corrected chi connectivity index (χ0v) is 17.6. The summed E-state index contributed by atoms with van der Waals surface area (Å²) in [5.41, 5.74) is 2.40. The third-order valence-corrected chi connectivity index (χ3v) is 4.94. The first-order valence-electron chi connectivity index (χ1n) is 10.1. The molecule has 0 unspecified atom stereocenters. The number of carbonyl (C=O) groups excluding carboxylic acids is 1. The number of benzene rings is 1. The Morgan fingerprint density at radius 1 is 1.15 bits per heavy atom. The molecule has 0 atom stereocenters. The molecule has 0 saturated carbocycles. The lowest BCUT2D eigenvalue weighted by Crippen LogP contribution is -2.31. The van der Waals surface area contributed by atoms with Gasteiger partial charge in [0.1, 0.15) is 12.4 Å². The van der Waals surface area contributed by atoms with Crippen molar-refractivity contribution in [2.75, 3.05) is 32.2 Å². The lowest BCUT2D eigenvalue weighted by atomic mass is 10.0. The smallest absolute Gasteiger partial charge is 0.489 e. The van der Waals surface area contributed by atoms with Gasteiger partial charge < -0.3 is 29.8 Å². The number of H-pyrrole nitrogens is 1. The van der Waals surface area contributed by atoms with E-state index >= 15 is 0 Å². The predicted molar refractivity (Wildman–Crippen MR) is 114 cm³/mol. The molecule has 174 valence electrons. The number of alkyl halides is 3. The van der Waals surface area contributed by atoms with Crippen LogP contribution in [0, 0.1) is 0 Å². The molecule has 8 nitrogen and oxygen atoms in total. The van der Waals surface area contributed by atoms with E-state index in [0.29, 0.717) is 53.5 Å². The summed E-state index contributed by atoms with van der Waals surface area (Å²) < 4.78 is 53.7. The average Bonchev–Trinajstić information content (AvgIpc) is 3.14. The molecule has 2 aromatic heterocycles. The highest BCUT2D eigenvalue weighted by atomic mass is 19.4. The molecule has 0 saturated heterocycles. The second kappa shape index (κ2) is 9.41. The Morgan fingerprint density at radius 2 is 1.97 bits per heavy atom. The summed E-state index contributed by atoms with van der Waals surface area (Å²) in [4.78, 5) is 20.0. The zero-order valence-electron chi connectivity index (χ0n) is 17.6. The summed E-state index contributed by atoms with van der Waals surface area (Å²) in [6, 6.07) is 7.32. The van der Waals surface area contributed by atoms with Crippen molar-refractivity contribution < 1.29 is 32.2 Å². The number of nitrogens with zero attached hydrogens (tertiary/aromatic N) is 1. The Hall–Kier alpha value is -3.73. The normalized spacial score (nSPS) is 13.3. The Balaban J connectivity index is 1.81. The van der Waals surface area contributed by atoms with E-state index in [1.807, 2.05) is 0 Å². The number of aromatic amines is 1. The fraction of sp³-hybridized carbons (Fsp3) is 0.273. The number of rotatable bonds is 8. The Morgan fingerprint density at radius 3 is 2.76 bits per heavy atom. The third kappa shape index (κ3) is 5.03. The molecule has 0 spiro atoms. The van der Waals surface area contributed by atoms with Gasteiger partial charge in [0.05, 0.1) is 35.4 Å². The SMILES string of the molecule is COCCOc1cnccc1-c1[nH]c2c(c1Nc1ccccc1OC(F)(F)F)C(=O)NCC2. The fourth-order valence-corrected chi connectivity index (χ4v) is 3.56. The van der Waals surface area contributed by atoms with Crippen LogP contribution in [-0.4, -0.2) is 49.1 Å². The van der Waals surface area contributed by atoms with Crippen LogP contribution in [0.25, 0.3) is 11.3 Å². The summed E-state index contributed by atoms with van der Waals surface area (Å²) in [6.07, 6.45) is -1.26. The molecule has 1 aliphatic heterocycles. The van der Waals surface area contributed by atoms with Gasteiger partial charge in [-0.05, 0) is 18.2 Å². The molecule has 0 fully saturated rings. The minimum Gasteiger partial charge on any atom is -0.489 e. The number of amides is 1. The van der Waals surface area contributed by atoms with E-state index in [1.54, 1.807) is 25.4 Å². The molecular formula is C22H21F3N4O4. The molecule has 1 amide bonds. The third-order valence-electron chi connectivity index (χ3n) is 4.94. The summed E-state index contributed by atoms with van der Waals surface area (Å²) in [6.45, 7) is 1.05. The molecule has 1 aromatic carbocycles. The number of pyridine rings is 1. The van der Waals surface area contributed by atoms with E-state index in [2.05, 4.69) is 25.3 Å². The van der Waals surface area contributed by atoms with Gasteiger partial charge in [-0.2, -0.15) is 0 Å². The number of nitrogens with one attached hydrogen (secondary N) is 3. The van der Waals surface area contributed by atoms with Gasteiger partial charge in [-0.3, -0.25) is 9.78 Å². The molecule has 3 heterocycles. The van der Waals surface area contributed by atoms with Crippen LogP contribution in [-0.2, 0) is 11.2 Å². The first-order chi connectivity index (χ1) is 15.9. The quantitative estimate of drug-likeness (QED) is 0.438.